The van der Waals surface area contributed by atoms with Crippen LogP contribution in [0.4, 0.5) is 11.4 Å². The highest BCUT2D eigenvalue weighted by Crippen LogP contribution is 2.37. The first kappa shape index (κ1) is 21.8. The number of hydrogen-bond acceptors (Lipinski definition) is 4. The molecule has 6 heteroatoms. The van der Waals surface area contributed by atoms with Crippen LogP contribution in [-0.2, 0) is 4.79 Å². The molecule has 0 saturated carbocycles. The molecule has 29 heavy (non-hydrogen) atoms. The molecule has 0 aromatic heterocycles. The van der Waals surface area contributed by atoms with Gasteiger partial charge in [0.1, 0.15) is 11.5 Å². The Morgan fingerprint density at radius 1 is 0.897 bits per heavy atom. The van der Waals surface area contributed by atoms with E-state index in [4.69, 9.17) is 9.47 Å². The highest BCUT2D eigenvalue weighted by atomic mass is 16.5. The molecule has 0 radical (unpaired) electrons. The summed E-state index contributed by atoms with van der Waals surface area (Å²) in [7, 11) is 0. The van der Waals surface area contributed by atoms with Crippen LogP contribution in [0.3, 0.4) is 0 Å². The summed E-state index contributed by atoms with van der Waals surface area (Å²) < 4.78 is 11.3. The molecule has 0 aliphatic heterocycles. The fraction of sp³-hybridized carbons (Fsp3) is 0.217. The Hall–Kier alpha value is -3.54. The van der Waals surface area contributed by atoms with Gasteiger partial charge in [0.2, 0.25) is 5.91 Å². The molecule has 152 valence electrons. The lowest BCUT2D eigenvalue weighted by molar-refractivity contribution is -0.111. The average molecular weight is 394 g/mol. The molecule has 0 unspecified atom stereocenters. The van der Waals surface area contributed by atoms with E-state index in [-0.39, 0.29) is 11.8 Å². The van der Waals surface area contributed by atoms with Crippen molar-refractivity contribution in [2.24, 2.45) is 0 Å². The molecular formula is C23H26N2O4. The van der Waals surface area contributed by atoms with Crippen molar-refractivity contribution in [3.05, 3.63) is 72.3 Å². The van der Waals surface area contributed by atoms with Crippen molar-refractivity contribution in [2.75, 3.05) is 23.8 Å². The van der Waals surface area contributed by atoms with Gasteiger partial charge in [0.15, 0.2) is 0 Å². The Balaban J connectivity index is 2.34. The molecule has 0 bridgehead atoms. The number of anilines is 2. The van der Waals surface area contributed by atoms with Crippen molar-refractivity contribution < 1.29 is 19.1 Å². The molecule has 6 nitrogen and oxygen atoms in total. The quantitative estimate of drug-likeness (QED) is 0.473. The minimum Gasteiger partial charge on any atom is -0.492 e. The molecule has 2 rings (SSSR count). The second-order valence-corrected chi connectivity index (χ2v) is 5.90. The van der Waals surface area contributed by atoms with Crippen molar-refractivity contribution in [2.45, 2.75) is 20.8 Å². The van der Waals surface area contributed by atoms with E-state index in [1.807, 2.05) is 32.9 Å². The number of carbonyl (C=O) groups is 2. The Bertz CT molecular complexity index is 889. The summed E-state index contributed by atoms with van der Waals surface area (Å²) in [5.41, 5.74) is 1.45. The first-order valence-corrected chi connectivity index (χ1v) is 9.49. The highest BCUT2D eigenvalue weighted by Gasteiger charge is 2.16. The predicted molar refractivity (Wildman–Crippen MR) is 116 cm³/mol. The molecule has 2 N–H and O–H groups in total. The third-order valence-corrected chi connectivity index (χ3v) is 3.77. The molecule has 2 aromatic rings. The van der Waals surface area contributed by atoms with Crippen molar-refractivity contribution in [3.8, 4) is 11.5 Å². The van der Waals surface area contributed by atoms with Gasteiger partial charge in [-0.25, -0.2) is 0 Å². The first-order chi connectivity index (χ1) is 14.1. The summed E-state index contributed by atoms with van der Waals surface area (Å²) in [5, 5.41) is 5.64. The number of hydrogen-bond donors (Lipinski definition) is 2. The molecule has 0 atom stereocenters. The molecule has 0 aliphatic carbocycles. The maximum atomic E-state index is 12.6. The lowest BCUT2D eigenvalue weighted by atomic mass is 10.2. The molecule has 0 fully saturated rings. The van der Waals surface area contributed by atoms with Crippen molar-refractivity contribution >= 4 is 23.2 Å². The highest BCUT2D eigenvalue weighted by molar-refractivity contribution is 6.06. The van der Waals surface area contributed by atoms with Crippen LogP contribution in [0.25, 0.3) is 0 Å². The second kappa shape index (κ2) is 11.3. The number of carbonyl (C=O) groups excluding carboxylic acids is 2. The van der Waals surface area contributed by atoms with Gasteiger partial charge < -0.3 is 20.1 Å². The van der Waals surface area contributed by atoms with Gasteiger partial charge >= 0.3 is 0 Å². The molecule has 0 heterocycles. The number of amides is 2. The van der Waals surface area contributed by atoms with Crippen LogP contribution >= 0.6 is 0 Å². The summed E-state index contributed by atoms with van der Waals surface area (Å²) in [6.45, 7) is 6.36. The molecule has 0 aliphatic rings. The number of rotatable bonds is 9. The molecule has 0 spiro atoms. The Kier molecular flexibility index (Phi) is 8.51. The summed E-state index contributed by atoms with van der Waals surface area (Å²) in [4.78, 5) is 24.7. The van der Waals surface area contributed by atoms with Gasteiger partial charge in [0, 0.05) is 23.8 Å². The van der Waals surface area contributed by atoms with Crippen LogP contribution in [0.1, 0.15) is 31.1 Å². The molecule has 2 amide bonds. The maximum Gasteiger partial charge on any atom is 0.255 e. The molecular weight excluding hydrogens is 368 g/mol. The standard InChI is InChI=1S/C23H26N2O4/c1-4-7-9-14-22(26)24-18-15-21(29-6-3)19(16-20(18)28-5-2)25-23(27)17-12-10-8-11-13-17/h4,7-16H,5-6H2,1-3H3,(H,24,26)(H,25,27). The second-order valence-electron chi connectivity index (χ2n) is 5.90. The fourth-order valence-electron chi connectivity index (χ4n) is 2.52. The van der Waals surface area contributed by atoms with Crippen LogP contribution in [0, 0.1) is 0 Å². The van der Waals surface area contributed by atoms with E-state index in [0.717, 1.165) is 0 Å². The zero-order valence-corrected chi connectivity index (χ0v) is 16.9. The maximum absolute atomic E-state index is 12.6. The van der Waals surface area contributed by atoms with Crippen LogP contribution in [-0.4, -0.2) is 25.0 Å². The minimum absolute atomic E-state index is 0.264. The van der Waals surface area contributed by atoms with E-state index in [1.165, 1.54) is 6.08 Å². The Labute approximate surface area is 171 Å². The lowest BCUT2D eigenvalue weighted by Gasteiger charge is -2.17. The van der Waals surface area contributed by atoms with Crippen molar-refractivity contribution in [1.82, 2.24) is 0 Å². The van der Waals surface area contributed by atoms with E-state index in [2.05, 4.69) is 10.6 Å². The predicted octanol–water partition coefficient (Wildman–Crippen LogP) is 4.81. The van der Waals surface area contributed by atoms with Gasteiger partial charge in [-0.2, -0.15) is 0 Å². The summed E-state index contributed by atoms with van der Waals surface area (Å²) >= 11 is 0. The topological polar surface area (TPSA) is 76.7 Å². The van der Waals surface area contributed by atoms with Gasteiger partial charge in [0.05, 0.1) is 24.6 Å². The minimum atomic E-state index is -0.299. The molecule has 2 aromatic carbocycles. The van der Waals surface area contributed by atoms with Crippen molar-refractivity contribution in [3.63, 3.8) is 0 Å². The first-order valence-electron chi connectivity index (χ1n) is 9.49. The Morgan fingerprint density at radius 2 is 1.48 bits per heavy atom. The SMILES string of the molecule is CC=CC=CC(=O)Nc1cc(OCC)c(NC(=O)c2ccccc2)cc1OCC. The number of nitrogens with one attached hydrogen (secondary N) is 2. The van der Waals surface area contributed by atoms with Crippen molar-refractivity contribution in [1.29, 1.82) is 0 Å². The third-order valence-electron chi connectivity index (χ3n) is 3.77. The smallest absolute Gasteiger partial charge is 0.255 e. The summed E-state index contributed by atoms with van der Waals surface area (Å²) in [6.07, 6.45) is 6.65. The number of allylic oxidation sites excluding steroid dienone is 3. The van der Waals surface area contributed by atoms with Crippen LogP contribution < -0.4 is 20.1 Å². The van der Waals surface area contributed by atoms with Crippen LogP contribution in [0.15, 0.2) is 66.8 Å². The third kappa shape index (κ3) is 6.53. The largest absolute Gasteiger partial charge is 0.492 e. The van der Waals surface area contributed by atoms with E-state index >= 15 is 0 Å². The fourth-order valence-corrected chi connectivity index (χ4v) is 2.52. The van der Waals surface area contributed by atoms with Crippen LogP contribution in [0.5, 0.6) is 11.5 Å². The molecule has 0 saturated heterocycles. The van der Waals surface area contributed by atoms with Crippen LogP contribution in [0.2, 0.25) is 0 Å². The van der Waals surface area contributed by atoms with E-state index in [0.29, 0.717) is 41.7 Å². The van der Waals surface area contributed by atoms with Gasteiger partial charge in [-0.05, 0) is 32.9 Å². The monoisotopic (exact) mass is 394 g/mol. The zero-order valence-electron chi connectivity index (χ0n) is 16.9. The van der Waals surface area contributed by atoms with Gasteiger partial charge in [0.25, 0.3) is 5.91 Å². The summed E-state index contributed by atoms with van der Waals surface area (Å²) in [5.74, 6) is 0.313. The van der Waals surface area contributed by atoms with E-state index in [1.54, 1.807) is 48.6 Å². The zero-order chi connectivity index (χ0) is 21.1. The van der Waals surface area contributed by atoms with Gasteiger partial charge in [-0.3, -0.25) is 9.59 Å². The number of ether oxygens (including phenoxy) is 2. The summed E-state index contributed by atoms with van der Waals surface area (Å²) in [6, 6.07) is 12.2. The van der Waals surface area contributed by atoms with Gasteiger partial charge in [-0.15, -0.1) is 0 Å². The van der Waals surface area contributed by atoms with E-state index in [9.17, 15) is 9.59 Å². The normalized spacial score (nSPS) is 10.9. The lowest BCUT2D eigenvalue weighted by Crippen LogP contribution is -2.14. The average Bonchev–Trinajstić information content (AvgIpc) is 2.72. The number of benzene rings is 2. The van der Waals surface area contributed by atoms with Gasteiger partial charge in [-0.1, -0.05) is 36.4 Å². The Morgan fingerprint density at radius 3 is 2.03 bits per heavy atom. The van der Waals surface area contributed by atoms with E-state index < -0.39 is 0 Å².